The van der Waals surface area contributed by atoms with Crippen molar-refractivity contribution in [2.24, 2.45) is 0 Å². The fourth-order valence-electron chi connectivity index (χ4n) is 2.39. The Hall–Kier alpha value is -3.30. The lowest BCUT2D eigenvalue weighted by atomic mass is 10.1. The molecule has 0 saturated carbocycles. The van der Waals surface area contributed by atoms with Crippen LogP contribution in [-0.2, 0) is 0 Å². The molecule has 1 aliphatic heterocycles. The number of imide groups is 1. The molecule has 0 saturated heterocycles. The van der Waals surface area contributed by atoms with E-state index in [1.807, 2.05) is 5.32 Å². The van der Waals surface area contributed by atoms with Gasteiger partial charge in [0.05, 0.1) is 16.8 Å². The largest absolute Gasteiger partial charge is 0.435 e. The lowest BCUT2D eigenvalue weighted by Gasteiger charge is -2.13. The van der Waals surface area contributed by atoms with Gasteiger partial charge in [0, 0.05) is 18.2 Å². The summed E-state index contributed by atoms with van der Waals surface area (Å²) >= 11 is 0. The quantitative estimate of drug-likeness (QED) is 0.814. The van der Waals surface area contributed by atoms with Gasteiger partial charge in [0.1, 0.15) is 17.4 Å². The molecule has 2 aromatic rings. The van der Waals surface area contributed by atoms with E-state index in [-0.39, 0.29) is 16.8 Å². The van der Waals surface area contributed by atoms with Gasteiger partial charge in [-0.15, -0.1) is 0 Å². The highest BCUT2D eigenvalue weighted by atomic mass is 19.3. The standard InChI is InChI=1S/C14H8F3N3O4/c15-5-1-6(3-7(2-5)24-14(16)17)20-9(21)4-8-10(11(20)18)13(23)19-12(8)22/h1-4,14H,18H2,(H,19,22,23). The molecule has 0 aliphatic carbocycles. The van der Waals surface area contributed by atoms with Crippen LogP contribution in [0.2, 0.25) is 0 Å². The Morgan fingerprint density at radius 3 is 2.46 bits per heavy atom. The van der Waals surface area contributed by atoms with E-state index in [0.29, 0.717) is 6.07 Å². The first-order valence-electron chi connectivity index (χ1n) is 6.45. The molecule has 124 valence electrons. The highest BCUT2D eigenvalue weighted by molar-refractivity contribution is 6.23. The fraction of sp³-hybridized carbons (Fsp3) is 0.0714. The Kier molecular flexibility index (Phi) is 3.51. The number of fused-ring (bicyclic) bond motifs is 1. The lowest BCUT2D eigenvalue weighted by molar-refractivity contribution is -0.0499. The smallest absolute Gasteiger partial charge is 0.387 e. The van der Waals surface area contributed by atoms with Crippen LogP contribution in [0, 0.1) is 5.82 Å². The maximum atomic E-state index is 13.6. The molecule has 1 aromatic carbocycles. The summed E-state index contributed by atoms with van der Waals surface area (Å²) in [5.74, 6) is -3.52. The van der Waals surface area contributed by atoms with E-state index < -0.39 is 41.4 Å². The summed E-state index contributed by atoms with van der Waals surface area (Å²) in [6, 6.07) is 3.34. The molecule has 24 heavy (non-hydrogen) atoms. The van der Waals surface area contributed by atoms with Gasteiger partial charge in [0.2, 0.25) is 0 Å². The van der Waals surface area contributed by atoms with Gasteiger partial charge in [-0.3, -0.25) is 24.3 Å². The number of nitrogens with one attached hydrogen (secondary N) is 1. The minimum absolute atomic E-state index is 0.209. The molecule has 2 heterocycles. The van der Waals surface area contributed by atoms with E-state index in [1.54, 1.807) is 0 Å². The average molecular weight is 339 g/mol. The van der Waals surface area contributed by atoms with Crippen LogP contribution in [0.25, 0.3) is 5.69 Å². The maximum absolute atomic E-state index is 13.6. The summed E-state index contributed by atoms with van der Waals surface area (Å²) in [5, 5.41) is 1.97. The van der Waals surface area contributed by atoms with Crippen LogP contribution in [0.15, 0.2) is 29.1 Å². The Labute approximate surface area is 131 Å². The number of pyridine rings is 1. The first kappa shape index (κ1) is 15.6. The summed E-state index contributed by atoms with van der Waals surface area (Å²) in [5.41, 5.74) is 4.23. The fourth-order valence-corrected chi connectivity index (χ4v) is 2.39. The van der Waals surface area contributed by atoms with Crippen molar-refractivity contribution in [1.29, 1.82) is 0 Å². The molecule has 0 fully saturated rings. The van der Waals surface area contributed by atoms with Crippen LogP contribution in [0.5, 0.6) is 5.75 Å². The minimum Gasteiger partial charge on any atom is -0.435 e. The number of anilines is 1. The van der Waals surface area contributed by atoms with Crippen molar-refractivity contribution < 1.29 is 27.5 Å². The van der Waals surface area contributed by atoms with Crippen LogP contribution < -0.4 is 21.3 Å². The number of nitrogens with zero attached hydrogens (tertiary/aromatic N) is 1. The van der Waals surface area contributed by atoms with E-state index >= 15 is 0 Å². The second kappa shape index (κ2) is 5.41. The number of alkyl halides is 2. The van der Waals surface area contributed by atoms with Crippen molar-refractivity contribution in [3.8, 4) is 11.4 Å². The van der Waals surface area contributed by atoms with E-state index in [1.165, 1.54) is 0 Å². The second-order valence-electron chi connectivity index (χ2n) is 4.80. The third kappa shape index (κ3) is 2.47. The summed E-state index contributed by atoms with van der Waals surface area (Å²) in [6.07, 6.45) is 0. The van der Waals surface area contributed by atoms with E-state index in [9.17, 15) is 27.6 Å². The zero-order valence-electron chi connectivity index (χ0n) is 11.7. The Morgan fingerprint density at radius 2 is 1.79 bits per heavy atom. The van der Waals surface area contributed by atoms with Crippen molar-refractivity contribution >= 4 is 17.6 Å². The Balaban J connectivity index is 2.23. The summed E-state index contributed by atoms with van der Waals surface area (Å²) in [4.78, 5) is 35.5. The number of ether oxygens (including phenoxy) is 1. The van der Waals surface area contributed by atoms with Crippen LogP contribution in [0.3, 0.4) is 0 Å². The average Bonchev–Trinajstić information content (AvgIpc) is 2.72. The van der Waals surface area contributed by atoms with Gasteiger partial charge in [-0.05, 0) is 6.07 Å². The number of hydrogen-bond donors (Lipinski definition) is 2. The Bertz CT molecular complexity index is 940. The topological polar surface area (TPSA) is 103 Å². The zero-order chi connectivity index (χ0) is 17.6. The van der Waals surface area contributed by atoms with Crippen LogP contribution in [0.1, 0.15) is 20.7 Å². The summed E-state index contributed by atoms with van der Waals surface area (Å²) in [7, 11) is 0. The molecule has 10 heteroatoms. The van der Waals surface area contributed by atoms with Crippen LogP contribution in [-0.4, -0.2) is 23.0 Å². The maximum Gasteiger partial charge on any atom is 0.387 e. The van der Waals surface area contributed by atoms with Crippen molar-refractivity contribution in [2.75, 3.05) is 5.73 Å². The summed E-state index contributed by atoms with van der Waals surface area (Å²) < 4.78 is 43.0. The molecular formula is C14H8F3N3O4. The molecule has 0 spiro atoms. The Morgan fingerprint density at radius 1 is 1.08 bits per heavy atom. The van der Waals surface area contributed by atoms with Gasteiger partial charge in [-0.2, -0.15) is 8.78 Å². The monoisotopic (exact) mass is 339 g/mol. The lowest BCUT2D eigenvalue weighted by Crippen LogP contribution is -2.24. The SMILES string of the molecule is Nc1c2c(cc(=O)n1-c1cc(F)cc(OC(F)F)c1)C(=O)NC2=O. The van der Waals surface area contributed by atoms with Crippen molar-refractivity contribution in [1.82, 2.24) is 9.88 Å². The molecule has 1 aliphatic rings. The molecular weight excluding hydrogens is 331 g/mol. The number of rotatable bonds is 3. The minimum atomic E-state index is -3.20. The number of nitrogen functional groups attached to an aromatic ring is 1. The molecule has 3 N–H and O–H groups in total. The van der Waals surface area contributed by atoms with E-state index in [2.05, 4.69) is 4.74 Å². The predicted molar refractivity (Wildman–Crippen MR) is 74.8 cm³/mol. The molecule has 2 amide bonds. The second-order valence-corrected chi connectivity index (χ2v) is 4.80. The molecule has 1 aromatic heterocycles. The number of hydrogen-bond acceptors (Lipinski definition) is 5. The van der Waals surface area contributed by atoms with Gasteiger partial charge in [-0.1, -0.05) is 0 Å². The number of aromatic nitrogens is 1. The zero-order valence-corrected chi connectivity index (χ0v) is 11.7. The third-order valence-corrected chi connectivity index (χ3v) is 3.29. The van der Waals surface area contributed by atoms with E-state index in [4.69, 9.17) is 5.73 Å². The normalized spacial score (nSPS) is 13.2. The van der Waals surface area contributed by atoms with Gasteiger partial charge in [0.25, 0.3) is 17.4 Å². The molecule has 0 atom stereocenters. The van der Waals surface area contributed by atoms with Crippen molar-refractivity contribution in [3.63, 3.8) is 0 Å². The third-order valence-electron chi connectivity index (χ3n) is 3.29. The van der Waals surface area contributed by atoms with Crippen LogP contribution in [0.4, 0.5) is 19.0 Å². The van der Waals surface area contributed by atoms with Gasteiger partial charge in [0.15, 0.2) is 0 Å². The highest BCUT2D eigenvalue weighted by Crippen LogP contribution is 2.26. The van der Waals surface area contributed by atoms with Crippen molar-refractivity contribution in [2.45, 2.75) is 6.61 Å². The first-order valence-corrected chi connectivity index (χ1v) is 6.45. The number of benzene rings is 1. The van der Waals surface area contributed by atoms with Crippen molar-refractivity contribution in [3.05, 3.63) is 51.6 Å². The first-order chi connectivity index (χ1) is 11.3. The van der Waals surface area contributed by atoms with Gasteiger partial charge in [-0.25, -0.2) is 4.39 Å². The molecule has 0 unspecified atom stereocenters. The van der Waals surface area contributed by atoms with Crippen LogP contribution >= 0.6 is 0 Å². The van der Waals surface area contributed by atoms with Gasteiger partial charge < -0.3 is 10.5 Å². The number of amides is 2. The van der Waals surface area contributed by atoms with E-state index in [0.717, 1.165) is 22.8 Å². The summed E-state index contributed by atoms with van der Waals surface area (Å²) in [6.45, 7) is -3.20. The molecule has 0 radical (unpaired) electrons. The molecule has 0 bridgehead atoms. The van der Waals surface area contributed by atoms with Gasteiger partial charge >= 0.3 is 6.61 Å². The predicted octanol–water partition coefficient (Wildman–Crippen LogP) is 1.04. The molecule has 3 rings (SSSR count). The highest BCUT2D eigenvalue weighted by Gasteiger charge is 2.32. The number of carbonyl (C=O) groups is 2. The molecule has 7 nitrogen and oxygen atoms in total. The number of halogens is 3. The number of carbonyl (C=O) groups excluding carboxylic acids is 2. The number of nitrogens with two attached hydrogens (primary N) is 1.